The van der Waals surface area contributed by atoms with Crippen molar-refractivity contribution in [3.63, 3.8) is 0 Å². The first-order valence-corrected chi connectivity index (χ1v) is 7.16. The lowest BCUT2D eigenvalue weighted by Gasteiger charge is -2.30. The molecule has 0 spiro atoms. The summed E-state index contributed by atoms with van der Waals surface area (Å²) in [6.45, 7) is 7.81. The molecule has 3 heteroatoms. The highest BCUT2D eigenvalue weighted by atomic mass is 16.3. The molecule has 0 unspecified atom stereocenters. The summed E-state index contributed by atoms with van der Waals surface area (Å²) in [5, 5.41) is 20.1. The fourth-order valence-electron chi connectivity index (χ4n) is 4.17. The van der Waals surface area contributed by atoms with Gasteiger partial charge in [0.15, 0.2) is 0 Å². The highest BCUT2D eigenvalue weighted by molar-refractivity contribution is 5.75. The third kappa shape index (κ3) is 2.23. The largest absolute Gasteiger partial charge is 0.390 e. The van der Waals surface area contributed by atoms with Crippen LogP contribution in [0.2, 0.25) is 0 Å². The molecule has 0 bridgehead atoms. The standard InChI is InChI=1S/C15H26O3/c1-8(2)10(6-5-9(3)16)13-11-7-12(17)15(4,18)14(11)13/h8,10-14,17-18H,5-7H2,1-4H3/t10-,11-,12-,13-,14-,15-/m0/s1. The van der Waals surface area contributed by atoms with Crippen LogP contribution in [-0.4, -0.2) is 27.7 Å². The van der Waals surface area contributed by atoms with Gasteiger partial charge in [-0.1, -0.05) is 13.8 Å². The fourth-order valence-corrected chi connectivity index (χ4v) is 4.17. The van der Waals surface area contributed by atoms with Gasteiger partial charge in [0, 0.05) is 6.42 Å². The van der Waals surface area contributed by atoms with Crippen LogP contribution < -0.4 is 0 Å². The molecular weight excluding hydrogens is 228 g/mol. The van der Waals surface area contributed by atoms with E-state index < -0.39 is 11.7 Å². The van der Waals surface area contributed by atoms with Gasteiger partial charge in [-0.25, -0.2) is 0 Å². The van der Waals surface area contributed by atoms with Crippen molar-refractivity contribution in [1.29, 1.82) is 0 Å². The number of carbonyl (C=O) groups excluding carboxylic acids is 1. The summed E-state index contributed by atoms with van der Waals surface area (Å²) in [7, 11) is 0. The Labute approximate surface area is 110 Å². The number of Topliss-reactive ketones (excluding diaryl/α,β-unsaturated/α-hetero) is 1. The lowest BCUT2D eigenvalue weighted by molar-refractivity contribution is -0.117. The van der Waals surface area contributed by atoms with E-state index in [2.05, 4.69) is 13.8 Å². The topological polar surface area (TPSA) is 57.5 Å². The number of aliphatic hydroxyl groups is 2. The van der Waals surface area contributed by atoms with Gasteiger partial charge < -0.3 is 15.0 Å². The van der Waals surface area contributed by atoms with Crippen LogP contribution in [0.25, 0.3) is 0 Å². The van der Waals surface area contributed by atoms with E-state index in [4.69, 9.17) is 0 Å². The predicted molar refractivity (Wildman–Crippen MR) is 70.0 cm³/mol. The first kappa shape index (κ1) is 14.0. The second-order valence-electron chi connectivity index (χ2n) is 6.89. The van der Waals surface area contributed by atoms with E-state index >= 15 is 0 Å². The minimum absolute atomic E-state index is 0.242. The second kappa shape index (κ2) is 4.61. The molecule has 2 saturated carbocycles. The molecule has 104 valence electrons. The number of hydrogen-bond donors (Lipinski definition) is 2. The summed E-state index contributed by atoms with van der Waals surface area (Å²) >= 11 is 0. The Morgan fingerprint density at radius 3 is 2.44 bits per heavy atom. The summed E-state index contributed by atoms with van der Waals surface area (Å²) in [5.74, 6) is 2.50. The van der Waals surface area contributed by atoms with Crippen LogP contribution in [0.15, 0.2) is 0 Å². The van der Waals surface area contributed by atoms with E-state index in [9.17, 15) is 15.0 Å². The molecule has 18 heavy (non-hydrogen) atoms. The van der Waals surface area contributed by atoms with Crippen molar-refractivity contribution in [2.24, 2.45) is 29.6 Å². The molecule has 2 N–H and O–H groups in total. The quantitative estimate of drug-likeness (QED) is 0.789. The number of ketones is 1. The van der Waals surface area contributed by atoms with Gasteiger partial charge >= 0.3 is 0 Å². The monoisotopic (exact) mass is 254 g/mol. The van der Waals surface area contributed by atoms with Crippen molar-refractivity contribution < 1.29 is 15.0 Å². The first-order chi connectivity index (χ1) is 8.26. The SMILES string of the molecule is CC(=O)CC[C@@H](C(C)C)[C@H]1[C@@H]2C[C@H](O)[C@](C)(O)[C@@H]21. The lowest BCUT2D eigenvalue weighted by Crippen LogP contribution is -2.40. The molecule has 0 aliphatic heterocycles. The lowest BCUT2D eigenvalue weighted by atomic mass is 9.80. The van der Waals surface area contributed by atoms with E-state index in [1.165, 1.54) is 0 Å². The van der Waals surface area contributed by atoms with Crippen molar-refractivity contribution >= 4 is 5.78 Å². The Kier molecular flexibility index (Phi) is 3.58. The number of rotatable bonds is 5. The first-order valence-electron chi connectivity index (χ1n) is 7.16. The smallest absolute Gasteiger partial charge is 0.129 e. The molecule has 0 aromatic rings. The summed E-state index contributed by atoms with van der Waals surface area (Å²) in [6, 6.07) is 0. The van der Waals surface area contributed by atoms with Crippen LogP contribution in [0.3, 0.4) is 0 Å². The van der Waals surface area contributed by atoms with Crippen LogP contribution in [0.1, 0.15) is 47.0 Å². The van der Waals surface area contributed by atoms with Crippen molar-refractivity contribution in [1.82, 2.24) is 0 Å². The van der Waals surface area contributed by atoms with E-state index in [0.29, 0.717) is 30.1 Å². The number of aliphatic hydroxyl groups excluding tert-OH is 1. The summed E-state index contributed by atoms with van der Waals surface area (Å²) < 4.78 is 0. The van der Waals surface area contributed by atoms with Crippen LogP contribution in [0.4, 0.5) is 0 Å². The maximum Gasteiger partial charge on any atom is 0.129 e. The van der Waals surface area contributed by atoms with E-state index in [0.717, 1.165) is 12.8 Å². The van der Waals surface area contributed by atoms with Crippen LogP contribution in [-0.2, 0) is 4.79 Å². The van der Waals surface area contributed by atoms with E-state index in [1.54, 1.807) is 13.8 Å². The minimum Gasteiger partial charge on any atom is -0.390 e. The highest BCUT2D eigenvalue weighted by Crippen LogP contribution is 2.66. The Bertz CT molecular complexity index is 335. The molecule has 0 aromatic carbocycles. The van der Waals surface area contributed by atoms with Gasteiger partial charge in [0.25, 0.3) is 0 Å². The molecule has 2 rings (SSSR count). The molecule has 2 aliphatic carbocycles. The van der Waals surface area contributed by atoms with Gasteiger partial charge in [0.05, 0.1) is 11.7 Å². The molecule has 0 aromatic heterocycles. The molecule has 0 radical (unpaired) electrons. The van der Waals surface area contributed by atoms with Crippen molar-refractivity contribution in [2.45, 2.75) is 58.7 Å². The van der Waals surface area contributed by atoms with Gasteiger partial charge in [-0.2, -0.15) is 0 Å². The molecule has 0 saturated heterocycles. The van der Waals surface area contributed by atoms with Gasteiger partial charge in [-0.15, -0.1) is 0 Å². The Morgan fingerprint density at radius 2 is 2.06 bits per heavy atom. The predicted octanol–water partition coefficient (Wildman–Crippen LogP) is 2.01. The highest BCUT2D eigenvalue weighted by Gasteiger charge is 2.68. The average molecular weight is 254 g/mol. The minimum atomic E-state index is -0.918. The van der Waals surface area contributed by atoms with Crippen molar-refractivity contribution in [3.8, 4) is 0 Å². The summed E-state index contributed by atoms with van der Waals surface area (Å²) in [5.41, 5.74) is -0.918. The fraction of sp³-hybridized carbons (Fsp3) is 0.933. The van der Waals surface area contributed by atoms with Gasteiger partial charge in [0.1, 0.15) is 5.78 Å². The van der Waals surface area contributed by atoms with Gasteiger partial charge in [-0.05, 0) is 56.3 Å². The number of hydrogen-bond acceptors (Lipinski definition) is 3. The summed E-state index contributed by atoms with van der Waals surface area (Å²) in [6.07, 6.45) is 1.73. The molecular formula is C15H26O3. The Balaban J connectivity index is 2.01. The molecule has 2 fully saturated rings. The molecule has 6 atom stereocenters. The van der Waals surface area contributed by atoms with Gasteiger partial charge in [-0.3, -0.25) is 0 Å². The van der Waals surface area contributed by atoms with E-state index in [-0.39, 0.29) is 11.7 Å². The second-order valence-corrected chi connectivity index (χ2v) is 6.89. The molecule has 2 aliphatic rings. The maximum absolute atomic E-state index is 11.2. The molecule has 3 nitrogen and oxygen atoms in total. The summed E-state index contributed by atoms with van der Waals surface area (Å²) in [4.78, 5) is 11.2. The third-order valence-electron chi connectivity index (χ3n) is 5.25. The zero-order valence-electron chi connectivity index (χ0n) is 11.9. The molecule has 0 amide bonds. The van der Waals surface area contributed by atoms with Gasteiger partial charge in [0.2, 0.25) is 0 Å². The normalized spacial score (nSPS) is 43.9. The number of carbonyl (C=O) groups is 1. The maximum atomic E-state index is 11.2. The zero-order chi connectivity index (χ0) is 13.7. The van der Waals surface area contributed by atoms with Crippen LogP contribution in [0, 0.1) is 29.6 Å². The van der Waals surface area contributed by atoms with Crippen LogP contribution in [0.5, 0.6) is 0 Å². The third-order valence-corrected chi connectivity index (χ3v) is 5.25. The zero-order valence-corrected chi connectivity index (χ0v) is 11.9. The number of fused-ring (bicyclic) bond motifs is 1. The van der Waals surface area contributed by atoms with E-state index in [1.807, 2.05) is 0 Å². The van der Waals surface area contributed by atoms with Crippen molar-refractivity contribution in [3.05, 3.63) is 0 Å². The van der Waals surface area contributed by atoms with Crippen molar-refractivity contribution in [2.75, 3.05) is 0 Å². The molecule has 0 heterocycles. The Hall–Kier alpha value is -0.410. The van der Waals surface area contributed by atoms with Crippen LogP contribution >= 0.6 is 0 Å². The average Bonchev–Trinajstić information content (AvgIpc) is 2.85. The Morgan fingerprint density at radius 1 is 1.44 bits per heavy atom.